The summed E-state index contributed by atoms with van der Waals surface area (Å²) in [5.74, 6) is 0. The predicted molar refractivity (Wildman–Crippen MR) is 60.5 cm³/mol. The maximum atomic E-state index is 8.78. The van der Waals surface area contributed by atoms with E-state index in [1.165, 1.54) is 31.4 Å². The topological polar surface area (TPSA) is 35.8 Å². The van der Waals surface area contributed by atoms with Gasteiger partial charge in [0.1, 0.15) is 0 Å². The van der Waals surface area contributed by atoms with Gasteiger partial charge in [-0.05, 0) is 49.9 Å². The fourth-order valence-corrected chi connectivity index (χ4v) is 2.14. The molecule has 0 spiro atoms. The number of hydrogen-bond acceptors (Lipinski definition) is 2. The predicted octanol–water partition coefficient (Wildman–Crippen LogP) is 2.24. The van der Waals surface area contributed by atoms with Gasteiger partial charge in [0.05, 0.1) is 11.6 Å². The molecule has 1 fully saturated rings. The van der Waals surface area contributed by atoms with Gasteiger partial charge in [0.15, 0.2) is 0 Å². The zero-order valence-corrected chi connectivity index (χ0v) is 8.87. The van der Waals surface area contributed by atoms with E-state index in [0.29, 0.717) is 6.04 Å². The van der Waals surface area contributed by atoms with Gasteiger partial charge in [-0.25, -0.2) is 0 Å². The molecule has 2 heteroatoms. The number of hydrogen-bond donors (Lipinski definition) is 1. The second-order valence-electron chi connectivity index (χ2n) is 4.14. The molecule has 78 valence electrons. The first-order chi connectivity index (χ1) is 7.38. The molecular formula is C13H16N2. The lowest BCUT2D eigenvalue weighted by Gasteiger charge is -2.09. The van der Waals surface area contributed by atoms with Crippen molar-refractivity contribution in [2.24, 2.45) is 0 Å². The first kappa shape index (κ1) is 10.2. The molecule has 15 heavy (non-hydrogen) atoms. The summed E-state index contributed by atoms with van der Waals surface area (Å²) in [5.41, 5.74) is 2.05. The summed E-state index contributed by atoms with van der Waals surface area (Å²) >= 11 is 0. The highest BCUT2D eigenvalue weighted by atomic mass is 14.9. The smallest absolute Gasteiger partial charge is 0.0991 e. The Balaban J connectivity index is 1.90. The summed E-state index contributed by atoms with van der Waals surface area (Å²) in [6.07, 6.45) is 4.88. The number of aryl methyl sites for hydroxylation is 1. The van der Waals surface area contributed by atoms with Gasteiger partial charge in [0, 0.05) is 6.04 Å². The molecule has 1 aromatic carbocycles. The maximum Gasteiger partial charge on any atom is 0.0991 e. The molecule has 1 aliphatic rings. The van der Waals surface area contributed by atoms with E-state index in [4.69, 9.17) is 5.26 Å². The molecule has 1 N–H and O–H groups in total. The quantitative estimate of drug-likeness (QED) is 0.812. The van der Waals surface area contributed by atoms with Crippen molar-refractivity contribution in [1.29, 1.82) is 5.26 Å². The highest BCUT2D eigenvalue weighted by Crippen LogP contribution is 2.13. The van der Waals surface area contributed by atoms with Gasteiger partial charge in [0.25, 0.3) is 0 Å². The molecule has 2 rings (SSSR count). The molecule has 0 aliphatic carbocycles. The summed E-state index contributed by atoms with van der Waals surface area (Å²) in [6.45, 7) is 1.17. The summed E-state index contributed by atoms with van der Waals surface area (Å²) in [6, 6.07) is 10.8. The molecule has 1 heterocycles. The summed E-state index contributed by atoms with van der Waals surface area (Å²) in [5, 5.41) is 12.3. The molecule has 0 bridgehead atoms. The normalized spacial score (nSPS) is 20.1. The number of benzene rings is 1. The van der Waals surface area contributed by atoms with Crippen LogP contribution in [0.15, 0.2) is 24.3 Å². The Labute approximate surface area is 90.9 Å². The number of nitrogens with zero attached hydrogens (tertiary/aromatic N) is 1. The Morgan fingerprint density at radius 3 is 3.13 bits per heavy atom. The van der Waals surface area contributed by atoms with Gasteiger partial charge in [-0.1, -0.05) is 12.1 Å². The van der Waals surface area contributed by atoms with Crippen LogP contribution in [0.25, 0.3) is 0 Å². The minimum absolute atomic E-state index is 0.691. The third-order valence-corrected chi connectivity index (χ3v) is 3.00. The van der Waals surface area contributed by atoms with E-state index in [1.807, 2.05) is 18.2 Å². The van der Waals surface area contributed by atoms with E-state index < -0.39 is 0 Å². The van der Waals surface area contributed by atoms with Crippen LogP contribution in [-0.4, -0.2) is 12.6 Å². The van der Waals surface area contributed by atoms with E-state index in [0.717, 1.165) is 12.0 Å². The fourth-order valence-electron chi connectivity index (χ4n) is 2.14. The molecule has 1 aliphatic heterocycles. The van der Waals surface area contributed by atoms with Crippen LogP contribution in [0.2, 0.25) is 0 Å². The van der Waals surface area contributed by atoms with Crippen molar-refractivity contribution in [3.05, 3.63) is 35.4 Å². The maximum absolute atomic E-state index is 8.78. The Morgan fingerprint density at radius 2 is 2.40 bits per heavy atom. The van der Waals surface area contributed by atoms with Crippen LogP contribution >= 0.6 is 0 Å². The van der Waals surface area contributed by atoms with Gasteiger partial charge in [-0.3, -0.25) is 0 Å². The van der Waals surface area contributed by atoms with Crippen LogP contribution in [0.5, 0.6) is 0 Å². The summed E-state index contributed by atoms with van der Waals surface area (Å²) < 4.78 is 0. The first-order valence-corrected chi connectivity index (χ1v) is 5.61. The fraction of sp³-hybridized carbons (Fsp3) is 0.462. The second kappa shape index (κ2) is 4.95. The Hall–Kier alpha value is -1.33. The van der Waals surface area contributed by atoms with Gasteiger partial charge in [-0.2, -0.15) is 5.26 Å². The van der Waals surface area contributed by atoms with Crippen molar-refractivity contribution in [2.45, 2.75) is 31.7 Å². The Morgan fingerprint density at radius 1 is 1.47 bits per heavy atom. The van der Waals surface area contributed by atoms with Gasteiger partial charge in [-0.15, -0.1) is 0 Å². The number of nitrogens with one attached hydrogen (secondary N) is 1. The van der Waals surface area contributed by atoms with Crippen LogP contribution < -0.4 is 5.32 Å². The average Bonchev–Trinajstić information content (AvgIpc) is 2.79. The minimum Gasteiger partial charge on any atom is -0.314 e. The van der Waals surface area contributed by atoms with Gasteiger partial charge in [0.2, 0.25) is 0 Å². The second-order valence-corrected chi connectivity index (χ2v) is 4.14. The lowest BCUT2D eigenvalue weighted by molar-refractivity contribution is 0.559. The molecule has 0 amide bonds. The molecule has 0 radical (unpaired) electrons. The largest absolute Gasteiger partial charge is 0.314 e. The average molecular weight is 200 g/mol. The first-order valence-electron chi connectivity index (χ1n) is 5.61. The third-order valence-electron chi connectivity index (χ3n) is 3.00. The molecule has 0 saturated carbocycles. The van der Waals surface area contributed by atoms with Crippen LogP contribution in [0, 0.1) is 11.3 Å². The van der Waals surface area contributed by atoms with Crippen molar-refractivity contribution < 1.29 is 0 Å². The Bertz CT molecular complexity index is 359. The van der Waals surface area contributed by atoms with Crippen LogP contribution in [0.4, 0.5) is 0 Å². The third kappa shape index (κ3) is 2.81. The molecule has 1 atom stereocenters. The highest BCUT2D eigenvalue weighted by molar-refractivity contribution is 5.32. The highest BCUT2D eigenvalue weighted by Gasteiger charge is 2.13. The molecule has 0 aromatic heterocycles. The van der Waals surface area contributed by atoms with E-state index in [1.54, 1.807) is 0 Å². The molecule has 1 aromatic rings. The van der Waals surface area contributed by atoms with Crippen molar-refractivity contribution in [2.75, 3.05) is 6.54 Å². The van der Waals surface area contributed by atoms with Crippen molar-refractivity contribution >= 4 is 0 Å². The van der Waals surface area contributed by atoms with Gasteiger partial charge >= 0.3 is 0 Å². The van der Waals surface area contributed by atoms with Crippen LogP contribution in [0.3, 0.4) is 0 Å². The standard InChI is InChI=1S/C13H16N2/c14-10-12-4-1-3-11(9-12)6-7-13-5-2-8-15-13/h1,3-4,9,13,15H,2,5-8H2. The molecule has 2 nitrogen and oxygen atoms in total. The number of nitriles is 1. The van der Waals surface area contributed by atoms with E-state index in [2.05, 4.69) is 17.5 Å². The lowest BCUT2D eigenvalue weighted by Crippen LogP contribution is -2.21. The Kier molecular flexibility index (Phi) is 3.37. The van der Waals surface area contributed by atoms with Crippen molar-refractivity contribution in [3.63, 3.8) is 0 Å². The summed E-state index contributed by atoms with van der Waals surface area (Å²) in [7, 11) is 0. The lowest BCUT2D eigenvalue weighted by atomic mass is 10.0. The van der Waals surface area contributed by atoms with Crippen LogP contribution in [0.1, 0.15) is 30.4 Å². The zero-order chi connectivity index (χ0) is 10.5. The molecule has 1 unspecified atom stereocenters. The monoisotopic (exact) mass is 200 g/mol. The minimum atomic E-state index is 0.691. The zero-order valence-electron chi connectivity index (χ0n) is 8.87. The van der Waals surface area contributed by atoms with Crippen LogP contribution in [-0.2, 0) is 6.42 Å². The number of rotatable bonds is 3. The van der Waals surface area contributed by atoms with Crippen molar-refractivity contribution in [3.8, 4) is 6.07 Å². The van der Waals surface area contributed by atoms with E-state index >= 15 is 0 Å². The van der Waals surface area contributed by atoms with E-state index in [-0.39, 0.29) is 0 Å². The summed E-state index contributed by atoms with van der Waals surface area (Å²) in [4.78, 5) is 0. The van der Waals surface area contributed by atoms with E-state index in [9.17, 15) is 0 Å². The molecular weight excluding hydrogens is 184 g/mol. The van der Waals surface area contributed by atoms with Gasteiger partial charge < -0.3 is 5.32 Å². The van der Waals surface area contributed by atoms with Crippen molar-refractivity contribution in [1.82, 2.24) is 5.32 Å². The molecule has 1 saturated heterocycles. The SMILES string of the molecule is N#Cc1cccc(CCC2CCCN2)c1.